The SMILES string of the molecule is O=C([C@H](O)[C@@H](O)C(O)NCc1cc(Cc2ccccc2Cl)cs1)N1CCC[C@@H]1c1nc(C(F)(F)F)cs1. The number of hydrogen-bond donors (Lipinski definition) is 4. The zero-order chi connectivity index (χ0) is 26.7. The Hall–Kier alpha value is -2.06. The number of alkyl halides is 3. The van der Waals surface area contributed by atoms with E-state index in [1.807, 2.05) is 35.7 Å². The van der Waals surface area contributed by atoms with Gasteiger partial charge in [-0.25, -0.2) is 4.98 Å². The van der Waals surface area contributed by atoms with E-state index in [-0.39, 0.29) is 18.1 Å². The molecule has 1 unspecified atom stereocenters. The van der Waals surface area contributed by atoms with Crippen molar-refractivity contribution in [2.75, 3.05) is 6.54 Å². The van der Waals surface area contributed by atoms with Gasteiger partial charge in [-0.2, -0.15) is 13.2 Å². The quantitative estimate of drug-likeness (QED) is 0.288. The molecule has 7 nitrogen and oxygen atoms in total. The Morgan fingerprint density at radius 3 is 2.68 bits per heavy atom. The maximum Gasteiger partial charge on any atom is 0.434 e. The molecule has 1 aromatic carbocycles. The predicted octanol–water partition coefficient (Wildman–Crippen LogP) is 3.96. The summed E-state index contributed by atoms with van der Waals surface area (Å²) in [6, 6.07) is 8.71. The zero-order valence-corrected chi connectivity index (χ0v) is 21.7. The van der Waals surface area contributed by atoms with Gasteiger partial charge < -0.3 is 20.2 Å². The number of likely N-dealkylation sites (tertiary alicyclic amines) is 1. The molecule has 37 heavy (non-hydrogen) atoms. The third-order valence-corrected chi connectivity index (χ3v) is 8.38. The van der Waals surface area contributed by atoms with Crippen molar-refractivity contribution in [3.63, 3.8) is 0 Å². The normalized spacial score (nSPS) is 18.7. The Labute approximate surface area is 224 Å². The van der Waals surface area contributed by atoms with Crippen molar-refractivity contribution in [3.05, 3.63) is 72.8 Å². The Morgan fingerprint density at radius 1 is 1.22 bits per heavy atom. The number of benzene rings is 1. The van der Waals surface area contributed by atoms with Gasteiger partial charge in [-0.1, -0.05) is 29.8 Å². The van der Waals surface area contributed by atoms with Crippen LogP contribution in [0.15, 0.2) is 41.1 Å². The number of nitrogens with one attached hydrogen (secondary N) is 1. The third kappa shape index (κ3) is 6.69. The van der Waals surface area contributed by atoms with Gasteiger partial charge in [-0.3, -0.25) is 10.1 Å². The molecule has 0 radical (unpaired) electrons. The zero-order valence-electron chi connectivity index (χ0n) is 19.4. The van der Waals surface area contributed by atoms with Crippen LogP contribution in [-0.4, -0.2) is 56.1 Å². The lowest BCUT2D eigenvalue weighted by Gasteiger charge is -2.29. The average Bonchev–Trinajstić information content (AvgIpc) is 3.62. The third-order valence-electron chi connectivity index (χ3n) is 6.08. The van der Waals surface area contributed by atoms with E-state index in [1.165, 1.54) is 16.2 Å². The van der Waals surface area contributed by atoms with E-state index in [1.54, 1.807) is 0 Å². The van der Waals surface area contributed by atoms with E-state index in [9.17, 15) is 33.3 Å². The molecule has 200 valence electrons. The highest BCUT2D eigenvalue weighted by Crippen LogP contribution is 2.37. The standard InChI is InChI=1S/C24H25ClF3N3O4S2/c25-16-5-2-1-4-14(16)8-13-9-15(36-11-13)10-29-21(34)19(32)20(33)23(35)31-7-3-6-17(31)22-30-18(12-37-22)24(26,27)28/h1-2,4-5,9,11-12,17,19-21,29,32-34H,3,6-8,10H2/t17-,19-,20-,21?/m1/s1. The molecule has 0 aliphatic carbocycles. The van der Waals surface area contributed by atoms with Crippen LogP contribution in [0.2, 0.25) is 5.02 Å². The van der Waals surface area contributed by atoms with Crippen molar-refractivity contribution < 1.29 is 33.3 Å². The van der Waals surface area contributed by atoms with E-state index < -0.39 is 42.3 Å². The number of amides is 1. The number of halogens is 4. The predicted molar refractivity (Wildman–Crippen MR) is 134 cm³/mol. The van der Waals surface area contributed by atoms with Crippen molar-refractivity contribution >= 4 is 40.2 Å². The number of thiophene rings is 1. The molecule has 1 amide bonds. The van der Waals surface area contributed by atoms with Gasteiger partial charge in [0.1, 0.15) is 17.3 Å². The molecule has 13 heteroatoms. The lowest BCUT2D eigenvalue weighted by Crippen LogP contribution is -2.52. The lowest BCUT2D eigenvalue weighted by atomic mass is 10.1. The number of carbonyl (C=O) groups excluding carboxylic acids is 1. The number of aliphatic hydroxyl groups is 3. The average molecular weight is 576 g/mol. The molecule has 3 heterocycles. The van der Waals surface area contributed by atoms with Crippen molar-refractivity contribution in [2.45, 2.75) is 56.5 Å². The molecule has 1 aliphatic heterocycles. The number of carbonyl (C=O) groups is 1. The number of nitrogens with zero attached hydrogens (tertiary/aromatic N) is 2. The minimum Gasteiger partial charge on any atom is -0.386 e. The first-order valence-electron chi connectivity index (χ1n) is 11.4. The lowest BCUT2D eigenvalue weighted by molar-refractivity contribution is -0.153. The van der Waals surface area contributed by atoms with Gasteiger partial charge in [-0.15, -0.1) is 22.7 Å². The highest BCUT2D eigenvalue weighted by atomic mass is 35.5. The van der Waals surface area contributed by atoms with Crippen molar-refractivity contribution in [2.24, 2.45) is 0 Å². The van der Waals surface area contributed by atoms with E-state index >= 15 is 0 Å². The molecule has 4 N–H and O–H groups in total. The Bertz CT molecular complexity index is 1220. The number of rotatable bonds is 9. The van der Waals surface area contributed by atoms with Gasteiger partial charge in [0.25, 0.3) is 5.91 Å². The summed E-state index contributed by atoms with van der Waals surface area (Å²) in [6.07, 6.45) is -8.50. The van der Waals surface area contributed by atoms with Gasteiger partial charge >= 0.3 is 6.18 Å². The van der Waals surface area contributed by atoms with E-state index in [0.29, 0.717) is 24.3 Å². The summed E-state index contributed by atoms with van der Waals surface area (Å²) >= 11 is 8.45. The number of hydrogen-bond acceptors (Lipinski definition) is 8. The van der Waals surface area contributed by atoms with E-state index in [0.717, 1.165) is 32.7 Å². The van der Waals surface area contributed by atoms with Gasteiger partial charge in [0, 0.05) is 28.4 Å². The second-order valence-electron chi connectivity index (χ2n) is 8.71. The molecule has 2 aromatic heterocycles. The molecule has 0 spiro atoms. The van der Waals surface area contributed by atoms with Gasteiger partial charge in [-0.05, 0) is 47.9 Å². The highest BCUT2D eigenvalue weighted by molar-refractivity contribution is 7.10. The molecule has 1 aliphatic rings. The first kappa shape index (κ1) is 28.0. The molecule has 1 saturated heterocycles. The van der Waals surface area contributed by atoms with Crippen LogP contribution in [0.1, 0.15) is 45.6 Å². The molecule has 4 atom stereocenters. The minimum atomic E-state index is -4.59. The summed E-state index contributed by atoms with van der Waals surface area (Å²) in [5, 5.41) is 37.6. The molecule has 1 fully saturated rings. The van der Waals surface area contributed by atoms with Crippen molar-refractivity contribution in [1.82, 2.24) is 15.2 Å². The molecular weight excluding hydrogens is 551 g/mol. The fraction of sp³-hybridized carbons (Fsp3) is 0.417. The van der Waals surface area contributed by atoms with Gasteiger partial charge in [0.05, 0.1) is 6.04 Å². The molecule has 0 saturated carbocycles. The van der Waals surface area contributed by atoms with Crippen LogP contribution in [0, 0.1) is 0 Å². The molecule has 0 bridgehead atoms. The summed E-state index contributed by atoms with van der Waals surface area (Å²) in [5.41, 5.74) is 0.970. The Kier molecular flexibility index (Phi) is 8.89. The summed E-state index contributed by atoms with van der Waals surface area (Å²) in [5.74, 6) is -0.877. The second kappa shape index (κ2) is 11.8. The second-order valence-corrected chi connectivity index (χ2v) is 11.0. The maximum atomic E-state index is 12.9. The number of thiazole rings is 1. The van der Waals surface area contributed by atoms with Crippen molar-refractivity contribution in [3.8, 4) is 0 Å². The highest BCUT2D eigenvalue weighted by Gasteiger charge is 2.41. The van der Waals surface area contributed by atoms with Crippen LogP contribution in [0.4, 0.5) is 13.2 Å². The van der Waals surface area contributed by atoms with E-state index in [2.05, 4.69) is 10.3 Å². The smallest absolute Gasteiger partial charge is 0.386 e. The molecular formula is C24H25ClF3N3O4S2. The number of aromatic nitrogens is 1. The van der Waals surface area contributed by atoms with Crippen LogP contribution >= 0.6 is 34.3 Å². The molecule has 3 aromatic rings. The summed E-state index contributed by atoms with van der Waals surface area (Å²) < 4.78 is 38.8. The Balaban J connectivity index is 1.32. The topological polar surface area (TPSA) is 106 Å². The van der Waals surface area contributed by atoms with Crippen LogP contribution in [0.3, 0.4) is 0 Å². The van der Waals surface area contributed by atoms with Crippen LogP contribution < -0.4 is 5.32 Å². The fourth-order valence-corrected chi connectivity index (χ4v) is 6.16. The first-order chi connectivity index (χ1) is 17.5. The van der Waals surface area contributed by atoms with Crippen LogP contribution in [-0.2, 0) is 23.9 Å². The monoisotopic (exact) mass is 575 g/mol. The minimum absolute atomic E-state index is 0.115. The van der Waals surface area contributed by atoms with Gasteiger partial charge in [0.2, 0.25) is 0 Å². The summed E-state index contributed by atoms with van der Waals surface area (Å²) in [6.45, 7) is 0.374. The van der Waals surface area contributed by atoms with Crippen molar-refractivity contribution in [1.29, 1.82) is 0 Å². The molecule has 4 rings (SSSR count). The number of aliphatic hydroxyl groups excluding tert-OH is 3. The van der Waals surface area contributed by atoms with Crippen LogP contribution in [0.5, 0.6) is 0 Å². The fourth-order valence-electron chi connectivity index (χ4n) is 4.15. The summed E-state index contributed by atoms with van der Waals surface area (Å²) in [4.78, 5) is 18.6. The van der Waals surface area contributed by atoms with Crippen LogP contribution in [0.25, 0.3) is 0 Å². The van der Waals surface area contributed by atoms with E-state index in [4.69, 9.17) is 11.6 Å². The largest absolute Gasteiger partial charge is 0.434 e. The van der Waals surface area contributed by atoms with Gasteiger partial charge in [0.15, 0.2) is 11.8 Å². The summed E-state index contributed by atoms with van der Waals surface area (Å²) in [7, 11) is 0. The Morgan fingerprint density at radius 2 is 1.97 bits per heavy atom. The maximum absolute atomic E-state index is 12.9. The first-order valence-corrected chi connectivity index (χ1v) is 13.6.